The lowest BCUT2D eigenvalue weighted by molar-refractivity contribution is 0.0953. The van der Waals surface area contributed by atoms with Gasteiger partial charge in [-0.15, -0.1) is 0 Å². The molecule has 0 spiro atoms. The zero-order chi connectivity index (χ0) is 14.3. The number of nitrogens with one attached hydrogen (secondary N) is 2. The summed E-state index contributed by atoms with van der Waals surface area (Å²) in [5.41, 5.74) is 1.63. The van der Waals surface area contributed by atoms with Gasteiger partial charge in [-0.3, -0.25) is 4.79 Å². The second kappa shape index (κ2) is 7.77. The van der Waals surface area contributed by atoms with Crippen LogP contribution in [0.15, 0.2) is 12.1 Å². The molecule has 0 saturated carbocycles. The Labute approximate surface area is 116 Å². The van der Waals surface area contributed by atoms with Crippen LogP contribution in [0.4, 0.5) is 5.82 Å². The van der Waals surface area contributed by atoms with Crippen molar-refractivity contribution < 1.29 is 4.79 Å². The number of carbonyl (C=O) groups excluding carboxylic acids is 1. The highest BCUT2D eigenvalue weighted by Gasteiger charge is 2.11. The van der Waals surface area contributed by atoms with Crippen molar-refractivity contribution >= 4 is 11.7 Å². The van der Waals surface area contributed by atoms with E-state index in [1.807, 2.05) is 19.1 Å². The van der Waals surface area contributed by atoms with Crippen LogP contribution >= 0.6 is 0 Å². The molecule has 0 aliphatic carbocycles. The number of carbonyl (C=O) groups is 1. The molecular weight excluding hydrogens is 238 g/mol. The maximum absolute atomic E-state index is 12.0. The zero-order valence-electron chi connectivity index (χ0n) is 12.4. The third kappa shape index (κ3) is 4.89. The Bertz CT molecular complexity index is 416. The quantitative estimate of drug-likeness (QED) is 0.794. The van der Waals surface area contributed by atoms with E-state index in [0.29, 0.717) is 18.0 Å². The molecular formula is C15H25N3O. The highest BCUT2D eigenvalue weighted by atomic mass is 16.1. The summed E-state index contributed by atoms with van der Waals surface area (Å²) in [7, 11) is 0. The smallest absolute Gasteiger partial charge is 0.251 e. The minimum atomic E-state index is -0.0225. The molecule has 106 valence electrons. The lowest BCUT2D eigenvalue weighted by Gasteiger charge is -2.12. The normalized spacial score (nSPS) is 10.6. The van der Waals surface area contributed by atoms with E-state index in [1.165, 1.54) is 0 Å². The van der Waals surface area contributed by atoms with Crippen molar-refractivity contribution in [1.82, 2.24) is 10.3 Å². The highest BCUT2D eigenvalue weighted by molar-refractivity contribution is 5.95. The Morgan fingerprint density at radius 2 is 1.89 bits per heavy atom. The number of rotatable bonds is 7. The molecule has 4 heteroatoms. The number of anilines is 1. The number of aromatic nitrogens is 1. The highest BCUT2D eigenvalue weighted by Crippen LogP contribution is 2.17. The van der Waals surface area contributed by atoms with Gasteiger partial charge in [0.05, 0.1) is 0 Å². The Morgan fingerprint density at radius 1 is 1.21 bits per heavy atom. The van der Waals surface area contributed by atoms with Crippen LogP contribution in [0.5, 0.6) is 0 Å². The second-order valence-electron chi connectivity index (χ2n) is 5.00. The van der Waals surface area contributed by atoms with E-state index in [1.54, 1.807) is 0 Å². The van der Waals surface area contributed by atoms with Gasteiger partial charge in [-0.1, -0.05) is 27.7 Å². The fourth-order valence-corrected chi connectivity index (χ4v) is 1.66. The summed E-state index contributed by atoms with van der Waals surface area (Å²) >= 11 is 0. The van der Waals surface area contributed by atoms with Gasteiger partial charge in [-0.05, 0) is 30.9 Å². The summed E-state index contributed by atoms with van der Waals surface area (Å²) in [6, 6.07) is 3.71. The molecule has 2 N–H and O–H groups in total. The Morgan fingerprint density at radius 3 is 2.47 bits per heavy atom. The molecule has 1 aromatic heterocycles. The minimum absolute atomic E-state index is 0.0225. The predicted molar refractivity (Wildman–Crippen MR) is 79.7 cm³/mol. The van der Waals surface area contributed by atoms with Gasteiger partial charge in [-0.25, -0.2) is 4.98 Å². The van der Waals surface area contributed by atoms with Crippen LogP contribution in [-0.2, 0) is 0 Å². The third-order valence-electron chi connectivity index (χ3n) is 2.79. The molecule has 1 rings (SSSR count). The maximum Gasteiger partial charge on any atom is 0.251 e. The second-order valence-corrected chi connectivity index (χ2v) is 5.00. The molecule has 0 unspecified atom stereocenters. The molecule has 0 radical (unpaired) electrons. The standard InChI is InChI=1S/C15H25N3O/c1-5-7-16-14-10-12(15(19)17-8-6-2)9-13(18-14)11(3)4/h9-11H,5-8H2,1-4H3,(H,16,18)(H,17,19). The van der Waals surface area contributed by atoms with Crippen LogP contribution in [0.3, 0.4) is 0 Å². The molecule has 0 bridgehead atoms. The van der Waals surface area contributed by atoms with Gasteiger partial charge in [0.15, 0.2) is 0 Å². The van der Waals surface area contributed by atoms with E-state index < -0.39 is 0 Å². The number of pyridine rings is 1. The number of amides is 1. The van der Waals surface area contributed by atoms with Crippen LogP contribution in [0, 0.1) is 0 Å². The Kier molecular flexibility index (Phi) is 6.33. The Hall–Kier alpha value is -1.58. The number of nitrogens with zero attached hydrogens (tertiary/aromatic N) is 1. The van der Waals surface area contributed by atoms with Crippen molar-refractivity contribution in [1.29, 1.82) is 0 Å². The summed E-state index contributed by atoms with van der Waals surface area (Å²) in [4.78, 5) is 16.6. The molecule has 1 aromatic rings. The van der Waals surface area contributed by atoms with Crippen molar-refractivity contribution in [2.75, 3.05) is 18.4 Å². The molecule has 0 aliphatic rings. The topological polar surface area (TPSA) is 54.0 Å². The van der Waals surface area contributed by atoms with E-state index >= 15 is 0 Å². The van der Waals surface area contributed by atoms with Crippen LogP contribution in [0.1, 0.15) is 62.5 Å². The summed E-state index contributed by atoms with van der Waals surface area (Å²) in [6.07, 6.45) is 1.97. The molecule has 4 nitrogen and oxygen atoms in total. The molecule has 0 aliphatic heterocycles. The minimum Gasteiger partial charge on any atom is -0.370 e. The van der Waals surface area contributed by atoms with Crippen molar-refractivity contribution in [3.63, 3.8) is 0 Å². The maximum atomic E-state index is 12.0. The fraction of sp³-hybridized carbons (Fsp3) is 0.600. The lowest BCUT2D eigenvalue weighted by atomic mass is 10.1. The summed E-state index contributed by atoms with van der Waals surface area (Å²) in [5, 5.41) is 6.15. The van der Waals surface area contributed by atoms with Crippen molar-refractivity contribution in [2.45, 2.75) is 46.5 Å². The number of hydrogen-bond acceptors (Lipinski definition) is 3. The van der Waals surface area contributed by atoms with Gasteiger partial charge >= 0.3 is 0 Å². The van der Waals surface area contributed by atoms with Crippen molar-refractivity contribution in [3.8, 4) is 0 Å². The van der Waals surface area contributed by atoms with E-state index in [2.05, 4.69) is 36.4 Å². The molecule has 19 heavy (non-hydrogen) atoms. The fourth-order valence-electron chi connectivity index (χ4n) is 1.66. The lowest BCUT2D eigenvalue weighted by Crippen LogP contribution is -2.24. The van der Waals surface area contributed by atoms with Crippen molar-refractivity contribution in [2.24, 2.45) is 0 Å². The molecule has 1 amide bonds. The Balaban J connectivity index is 2.95. The molecule has 1 heterocycles. The molecule has 0 aromatic carbocycles. The average Bonchev–Trinajstić information content (AvgIpc) is 2.42. The van der Waals surface area contributed by atoms with Crippen LogP contribution < -0.4 is 10.6 Å². The van der Waals surface area contributed by atoms with Gasteiger partial charge in [0.2, 0.25) is 0 Å². The first-order valence-electron chi connectivity index (χ1n) is 7.12. The van der Waals surface area contributed by atoms with Gasteiger partial charge in [0, 0.05) is 24.3 Å². The van der Waals surface area contributed by atoms with Crippen molar-refractivity contribution in [3.05, 3.63) is 23.4 Å². The monoisotopic (exact) mass is 263 g/mol. The van der Waals surface area contributed by atoms with E-state index in [0.717, 1.165) is 30.9 Å². The summed E-state index contributed by atoms with van der Waals surface area (Å²) < 4.78 is 0. The van der Waals surface area contributed by atoms with Gasteiger partial charge in [0.25, 0.3) is 5.91 Å². The van der Waals surface area contributed by atoms with Crippen LogP contribution in [-0.4, -0.2) is 24.0 Å². The first kappa shape index (κ1) is 15.5. The largest absolute Gasteiger partial charge is 0.370 e. The first-order chi connectivity index (χ1) is 9.08. The van der Waals surface area contributed by atoms with E-state index in [4.69, 9.17) is 0 Å². The van der Waals surface area contributed by atoms with E-state index in [-0.39, 0.29) is 5.91 Å². The zero-order valence-corrected chi connectivity index (χ0v) is 12.4. The summed E-state index contributed by atoms with van der Waals surface area (Å²) in [5.74, 6) is 1.07. The van der Waals surface area contributed by atoms with Gasteiger partial charge in [0.1, 0.15) is 5.82 Å². The third-order valence-corrected chi connectivity index (χ3v) is 2.79. The summed E-state index contributed by atoms with van der Waals surface area (Å²) in [6.45, 7) is 9.88. The van der Waals surface area contributed by atoms with E-state index in [9.17, 15) is 4.79 Å². The molecule has 0 saturated heterocycles. The number of hydrogen-bond donors (Lipinski definition) is 2. The average molecular weight is 263 g/mol. The van der Waals surface area contributed by atoms with Crippen LogP contribution in [0.25, 0.3) is 0 Å². The van der Waals surface area contributed by atoms with Gasteiger partial charge in [-0.2, -0.15) is 0 Å². The molecule has 0 atom stereocenters. The van der Waals surface area contributed by atoms with Gasteiger partial charge < -0.3 is 10.6 Å². The molecule has 0 fully saturated rings. The predicted octanol–water partition coefficient (Wildman–Crippen LogP) is 3.17. The SMILES string of the molecule is CCCNC(=O)c1cc(NCCC)nc(C(C)C)c1. The first-order valence-corrected chi connectivity index (χ1v) is 7.12. The van der Waals surface area contributed by atoms with Crippen LogP contribution in [0.2, 0.25) is 0 Å².